The van der Waals surface area contributed by atoms with E-state index in [1.807, 2.05) is 44.1 Å². The number of benzene rings is 2. The van der Waals surface area contributed by atoms with E-state index in [1.54, 1.807) is 43.6 Å². The van der Waals surface area contributed by atoms with Gasteiger partial charge in [-0.25, -0.2) is 9.97 Å². The van der Waals surface area contributed by atoms with Crippen LogP contribution in [0.4, 0.5) is 17.1 Å². The van der Waals surface area contributed by atoms with Crippen LogP contribution in [0.15, 0.2) is 54.9 Å². The molecule has 7 nitrogen and oxygen atoms in total. The van der Waals surface area contributed by atoms with Gasteiger partial charge in [0.05, 0.1) is 18.1 Å². The maximum atomic E-state index is 12.7. The van der Waals surface area contributed by atoms with E-state index in [1.165, 1.54) is 0 Å². The van der Waals surface area contributed by atoms with E-state index in [2.05, 4.69) is 20.6 Å². The Kier molecular flexibility index (Phi) is 5.87. The van der Waals surface area contributed by atoms with Crippen molar-refractivity contribution in [3.05, 3.63) is 77.4 Å². The highest BCUT2D eigenvalue weighted by Gasteiger charge is 2.13. The Hall–Kier alpha value is -3.74. The summed E-state index contributed by atoms with van der Waals surface area (Å²) in [5, 5.41) is 5.63. The summed E-state index contributed by atoms with van der Waals surface area (Å²) in [4.78, 5) is 35.4. The Morgan fingerprint density at radius 1 is 0.862 bits per heavy atom. The van der Waals surface area contributed by atoms with Crippen molar-refractivity contribution in [1.29, 1.82) is 0 Å². The molecule has 3 aromatic rings. The molecule has 2 aromatic carbocycles. The number of hydrogen-bond donors (Lipinski definition) is 2. The lowest BCUT2D eigenvalue weighted by atomic mass is 10.1. The van der Waals surface area contributed by atoms with Crippen molar-refractivity contribution < 1.29 is 9.59 Å². The molecule has 3 rings (SSSR count). The van der Waals surface area contributed by atoms with Crippen LogP contribution < -0.4 is 15.5 Å². The molecule has 0 radical (unpaired) electrons. The highest BCUT2D eigenvalue weighted by molar-refractivity contribution is 6.08. The largest absolute Gasteiger partial charge is 0.378 e. The molecule has 0 aliphatic heterocycles. The Bertz CT molecular complexity index is 1050. The smallest absolute Gasteiger partial charge is 0.256 e. The van der Waals surface area contributed by atoms with Crippen molar-refractivity contribution in [2.75, 3.05) is 29.6 Å². The van der Waals surface area contributed by atoms with Crippen LogP contribution in [-0.4, -0.2) is 35.9 Å². The number of nitrogens with one attached hydrogen (secondary N) is 2. The van der Waals surface area contributed by atoms with Gasteiger partial charge in [-0.2, -0.15) is 0 Å². The minimum Gasteiger partial charge on any atom is -0.378 e. The Morgan fingerprint density at radius 3 is 2.24 bits per heavy atom. The predicted octanol–water partition coefficient (Wildman–Crippen LogP) is 3.66. The lowest BCUT2D eigenvalue weighted by molar-refractivity contribution is 0.101. The van der Waals surface area contributed by atoms with Gasteiger partial charge in [0.25, 0.3) is 11.8 Å². The van der Waals surface area contributed by atoms with E-state index < -0.39 is 0 Å². The van der Waals surface area contributed by atoms with Gasteiger partial charge < -0.3 is 15.5 Å². The van der Waals surface area contributed by atoms with Gasteiger partial charge in [0, 0.05) is 36.6 Å². The lowest BCUT2D eigenvalue weighted by Gasteiger charge is -2.14. The highest BCUT2D eigenvalue weighted by atomic mass is 16.2. The summed E-state index contributed by atoms with van der Waals surface area (Å²) in [6.07, 6.45) is 3.11. The highest BCUT2D eigenvalue weighted by Crippen LogP contribution is 2.19. The van der Waals surface area contributed by atoms with Gasteiger partial charge in [-0.05, 0) is 49.7 Å². The van der Waals surface area contributed by atoms with Crippen molar-refractivity contribution in [2.24, 2.45) is 0 Å². The minimum atomic E-state index is -0.291. The fraction of sp³-hybridized carbons (Fsp3) is 0.182. The van der Waals surface area contributed by atoms with Crippen LogP contribution in [0.25, 0.3) is 0 Å². The maximum absolute atomic E-state index is 12.7. The number of hydrogen-bond acceptors (Lipinski definition) is 5. The molecule has 0 bridgehead atoms. The molecule has 1 aromatic heterocycles. The van der Waals surface area contributed by atoms with Crippen molar-refractivity contribution in [2.45, 2.75) is 13.8 Å². The molecule has 0 spiro atoms. The summed E-state index contributed by atoms with van der Waals surface area (Å²) in [6.45, 7) is 3.61. The minimum absolute atomic E-state index is 0.240. The van der Waals surface area contributed by atoms with Crippen LogP contribution in [0, 0.1) is 13.8 Å². The van der Waals surface area contributed by atoms with Crippen molar-refractivity contribution in [3.8, 4) is 0 Å². The summed E-state index contributed by atoms with van der Waals surface area (Å²) in [5.41, 5.74) is 3.78. The van der Waals surface area contributed by atoms with Crippen LogP contribution >= 0.6 is 0 Å². The Balaban J connectivity index is 1.77. The number of carbonyl (C=O) groups is 2. The summed E-state index contributed by atoms with van der Waals surface area (Å²) in [6, 6.07) is 12.6. The third-order valence-electron chi connectivity index (χ3n) is 4.40. The zero-order valence-corrected chi connectivity index (χ0v) is 16.9. The topological polar surface area (TPSA) is 87.2 Å². The number of aromatic nitrogens is 2. The summed E-state index contributed by atoms with van der Waals surface area (Å²) < 4.78 is 0. The van der Waals surface area contributed by atoms with Crippen LogP contribution in [0.3, 0.4) is 0 Å². The average Bonchev–Trinajstić information content (AvgIpc) is 2.71. The fourth-order valence-corrected chi connectivity index (χ4v) is 2.73. The van der Waals surface area contributed by atoms with Gasteiger partial charge in [-0.3, -0.25) is 9.59 Å². The van der Waals surface area contributed by atoms with Crippen LogP contribution in [0.5, 0.6) is 0 Å². The Labute approximate surface area is 169 Å². The van der Waals surface area contributed by atoms with Crippen LogP contribution in [0.2, 0.25) is 0 Å². The SMILES string of the molecule is Cc1ncc(NC(=O)c2cc(NC(=O)c3cccc(N(C)C)c3)ccc2C)cn1. The zero-order valence-electron chi connectivity index (χ0n) is 16.9. The molecule has 2 amide bonds. The summed E-state index contributed by atoms with van der Waals surface area (Å²) in [7, 11) is 3.84. The number of rotatable bonds is 5. The van der Waals surface area contributed by atoms with Crippen LogP contribution in [0.1, 0.15) is 32.1 Å². The van der Waals surface area contributed by atoms with E-state index >= 15 is 0 Å². The van der Waals surface area contributed by atoms with Gasteiger partial charge in [0.2, 0.25) is 0 Å². The number of anilines is 3. The first-order valence-electron chi connectivity index (χ1n) is 9.13. The number of nitrogens with zero attached hydrogens (tertiary/aromatic N) is 3. The van der Waals surface area contributed by atoms with E-state index in [-0.39, 0.29) is 11.8 Å². The van der Waals surface area contributed by atoms with Crippen molar-refractivity contribution in [1.82, 2.24) is 9.97 Å². The maximum Gasteiger partial charge on any atom is 0.256 e. The third kappa shape index (κ3) is 4.95. The molecule has 0 saturated carbocycles. The van der Waals surface area contributed by atoms with E-state index in [9.17, 15) is 9.59 Å². The molecule has 148 valence electrons. The monoisotopic (exact) mass is 389 g/mol. The second kappa shape index (κ2) is 8.52. The molecule has 0 aliphatic rings. The molecule has 0 unspecified atom stereocenters. The first kappa shape index (κ1) is 20.0. The molecule has 0 aliphatic carbocycles. The second-order valence-corrected chi connectivity index (χ2v) is 6.90. The molecule has 0 atom stereocenters. The van der Waals surface area contributed by atoms with Gasteiger partial charge in [0.1, 0.15) is 5.82 Å². The summed E-state index contributed by atoms with van der Waals surface area (Å²) >= 11 is 0. The predicted molar refractivity (Wildman–Crippen MR) is 115 cm³/mol. The molecule has 0 saturated heterocycles. The normalized spacial score (nSPS) is 10.3. The van der Waals surface area contributed by atoms with Crippen molar-refractivity contribution >= 4 is 28.9 Å². The van der Waals surface area contributed by atoms with Crippen molar-refractivity contribution in [3.63, 3.8) is 0 Å². The van der Waals surface area contributed by atoms with E-state index in [4.69, 9.17) is 0 Å². The number of aryl methyl sites for hydroxylation is 2. The van der Waals surface area contributed by atoms with Crippen LogP contribution in [-0.2, 0) is 0 Å². The first-order valence-corrected chi connectivity index (χ1v) is 9.13. The van der Waals surface area contributed by atoms with E-state index in [0.717, 1.165) is 11.3 Å². The standard InChI is InChI=1S/C22H23N5O2/c1-14-8-9-17(25-21(28)16-6-5-7-19(10-16)27(3)4)11-20(14)22(29)26-18-12-23-15(2)24-13-18/h5-13H,1-4H3,(H,25,28)(H,26,29). The molecule has 7 heteroatoms. The molecular formula is C22H23N5O2. The average molecular weight is 389 g/mol. The second-order valence-electron chi connectivity index (χ2n) is 6.90. The fourth-order valence-electron chi connectivity index (χ4n) is 2.73. The number of carbonyl (C=O) groups excluding carboxylic acids is 2. The van der Waals surface area contributed by atoms with E-state index in [0.29, 0.717) is 28.3 Å². The molecular weight excluding hydrogens is 366 g/mol. The molecule has 29 heavy (non-hydrogen) atoms. The molecule has 2 N–H and O–H groups in total. The quantitative estimate of drug-likeness (QED) is 0.695. The first-order chi connectivity index (χ1) is 13.8. The van der Waals surface area contributed by atoms with Gasteiger partial charge in [-0.15, -0.1) is 0 Å². The van der Waals surface area contributed by atoms with Gasteiger partial charge >= 0.3 is 0 Å². The molecule has 0 fully saturated rings. The third-order valence-corrected chi connectivity index (χ3v) is 4.40. The lowest BCUT2D eigenvalue weighted by Crippen LogP contribution is -2.16. The molecule has 1 heterocycles. The number of amides is 2. The Morgan fingerprint density at radius 2 is 1.55 bits per heavy atom. The van der Waals surface area contributed by atoms with Gasteiger partial charge in [0.15, 0.2) is 0 Å². The zero-order chi connectivity index (χ0) is 21.0. The van der Waals surface area contributed by atoms with Gasteiger partial charge in [-0.1, -0.05) is 12.1 Å². The summed E-state index contributed by atoms with van der Waals surface area (Å²) in [5.74, 6) is 0.0960.